The lowest BCUT2D eigenvalue weighted by molar-refractivity contribution is 0.330. The third-order valence-corrected chi connectivity index (χ3v) is 14.1. The largest absolute Gasteiger partial charge is 0.334 e. The van der Waals surface area contributed by atoms with Gasteiger partial charge < -0.3 is 14.7 Å². The predicted molar refractivity (Wildman–Crippen MR) is 241 cm³/mol. The zero-order valence-electron chi connectivity index (χ0n) is 34.7. The van der Waals surface area contributed by atoms with Crippen LogP contribution in [0.5, 0.6) is 0 Å². The fourth-order valence-electron chi connectivity index (χ4n) is 10.9. The molecule has 0 bridgehead atoms. The molecular weight excluding hydrogens is 677 g/mol. The number of rotatable bonds is 3. The smallest absolute Gasteiger partial charge is 0.252 e. The van der Waals surface area contributed by atoms with Crippen molar-refractivity contribution in [3.8, 4) is 0 Å². The van der Waals surface area contributed by atoms with Crippen LogP contribution < -0.4 is 31.1 Å². The average Bonchev–Trinajstić information content (AvgIpc) is 3.57. The lowest BCUT2D eigenvalue weighted by atomic mass is 9.33. The van der Waals surface area contributed by atoms with Gasteiger partial charge in [-0.05, 0) is 137 Å². The van der Waals surface area contributed by atoms with Crippen molar-refractivity contribution in [1.29, 1.82) is 0 Å². The lowest BCUT2D eigenvalue weighted by Crippen LogP contribution is -2.61. The zero-order valence-corrected chi connectivity index (χ0v) is 34.7. The van der Waals surface area contributed by atoms with E-state index in [9.17, 15) is 0 Å². The van der Waals surface area contributed by atoms with Crippen LogP contribution in [0, 0.1) is 6.92 Å². The maximum Gasteiger partial charge on any atom is 0.252 e. The Morgan fingerprint density at radius 2 is 1.11 bits per heavy atom. The van der Waals surface area contributed by atoms with Crippen LogP contribution in [-0.4, -0.2) is 12.3 Å². The number of hydrogen-bond donors (Lipinski definition) is 0. The Kier molecular flexibility index (Phi) is 7.48. The van der Waals surface area contributed by atoms with Gasteiger partial charge in [0.1, 0.15) is 0 Å². The maximum atomic E-state index is 2.74. The first kappa shape index (κ1) is 35.2. The van der Waals surface area contributed by atoms with Gasteiger partial charge in [-0.3, -0.25) is 0 Å². The average molecular weight is 732 g/mol. The molecule has 0 amide bonds. The molecule has 0 N–H and O–H groups in total. The number of aryl methyl sites for hydroxylation is 1. The zero-order chi connectivity index (χ0) is 38.9. The quantitative estimate of drug-likeness (QED) is 0.168. The van der Waals surface area contributed by atoms with Crippen LogP contribution in [-0.2, 0) is 16.2 Å². The SMILES string of the molecule is Cc1cc2c3c(c1)N(c1ccc(C(C)(C)C)cc1)c1cc(N4c5ccc(C(C)(C)C)cc5C5(C)CCCC45C)ccc1B3c1ccccc1N2c1ccccc1. The summed E-state index contributed by atoms with van der Waals surface area (Å²) in [6, 6.07) is 49.1. The predicted octanol–water partition coefficient (Wildman–Crippen LogP) is 12.0. The molecule has 0 radical (unpaired) electrons. The number of benzene rings is 6. The van der Waals surface area contributed by atoms with Crippen molar-refractivity contribution in [1.82, 2.24) is 0 Å². The lowest BCUT2D eigenvalue weighted by Gasteiger charge is -2.46. The van der Waals surface area contributed by atoms with E-state index in [1.165, 1.54) is 103 Å². The Balaban J connectivity index is 1.23. The van der Waals surface area contributed by atoms with Crippen molar-refractivity contribution >= 4 is 68.6 Å². The first-order chi connectivity index (χ1) is 26.7. The Morgan fingerprint density at radius 3 is 1.80 bits per heavy atom. The molecule has 1 aliphatic carbocycles. The van der Waals surface area contributed by atoms with Crippen molar-refractivity contribution < 1.29 is 0 Å². The van der Waals surface area contributed by atoms with Crippen molar-refractivity contribution in [3.63, 3.8) is 0 Å². The van der Waals surface area contributed by atoms with E-state index in [0.717, 1.165) is 0 Å². The van der Waals surface area contributed by atoms with Crippen LogP contribution in [0.3, 0.4) is 0 Å². The van der Waals surface area contributed by atoms with Crippen molar-refractivity contribution in [2.45, 2.75) is 103 Å². The first-order valence-corrected chi connectivity index (χ1v) is 20.8. The summed E-state index contributed by atoms with van der Waals surface area (Å²) >= 11 is 0. The molecule has 0 spiro atoms. The van der Waals surface area contributed by atoms with Gasteiger partial charge >= 0.3 is 0 Å². The normalized spacial score (nSPS) is 20.7. The molecule has 2 unspecified atom stereocenters. The highest BCUT2D eigenvalue weighted by Gasteiger charge is 2.59. The monoisotopic (exact) mass is 731 g/mol. The molecule has 3 aliphatic heterocycles. The summed E-state index contributed by atoms with van der Waals surface area (Å²) in [5.41, 5.74) is 19.9. The van der Waals surface area contributed by atoms with E-state index < -0.39 is 0 Å². The Bertz CT molecular complexity index is 2540. The summed E-state index contributed by atoms with van der Waals surface area (Å²) in [5, 5.41) is 0. The van der Waals surface area contributed by atoms with Crippen LogP contribution in [0.2, 0.25) is 0 Å². The number of nitrogens with zero attached hydrogens (tertiary/aromatic N) is 3. The van der Waals surface area contributed by atoms with Crippen LogP contribution in [0.15, 0.2) is 127 Å². The number of fused-ring (bicyclic) bond motifs is 7. The molecule has 0 aromatic heterocycles. The third-order valence-electron chi connectivity index (χ3n) is 14.1. The first-order valence-electron chi connectivity index (χ1n) is 20.8. The van der Waals surface area contributed by atoms with E-state index in [1.54, 1.807) is 0 Å². The minimum atomic E-state index is -0.0246. The van der Waals surface area contributed by atoms with Crippen molar-refractivity contribution in [3.05, 3.63) is 150 Å². The standard InChI is InChI=1S/C52H54BN3/c1-34-30-46-48-47(31-34)55(38-23-20-35(21-24-38)49(2,3)4)45-33-39(56-43-27-22-36(50(5,6)7)32-40(43)51(8)28-15-29-52(51,56)9)25-26-42(45)53(48)41-18-13-14-19-44(41)54(46)37-16-11-10-12-17-37/h10-14,16-27,30-33H,15,28-29H2,1-9H3. The van der Waals surface area contributed by atoms with Crippen LogP contribution >= 0.6 is 0 Å². The van der Waals surface area contributed by atoms with Gasteiger partial charge in [0.05, 0.1) is 5.54 Å². The van der Waals surface area contributed by atoms with Gasteiger partial charge in [-0.1, -0.05) is 122 Å². The van der Waals surface area contributed by atoms with Gasteiger partial charge in [0, 0.05) is 50.9 Å². The highest BCUT2D eigenvalue weighted by molar-refractivity contribution is 7.00. The summed E-state index contributed by atoms with van der Waals surface area (Å²) in [6.07, 6.45) is 3.63. The van der Waals surface area contributed by atoms with Crippen LogP contribution in [0.25, 0.3) is 0 Å². The fraction of sp³-hybridized carbons (Fsp3) is 0.308. The van der Waals surface area contributed by atoms with Crippen LogP contribution in [0.1, 0.15) is 96.9 Å². The minimum absolute atomic E-state index is 0.0246. The molecule has 4 aliphatic rings. The van der Waals surface area contributed by atoms with E-state index in [2.05, 4.69) is 204 Å². The molecule has 280 valence electrons. The molecule has 6 aromatic carbocycles. The van der Waals surface area contributed by atoms with Gasteiger partial charge in [-0.2, -0.15) is 0 Å². The molecule has 4 heteroatoms. The molecule has 2 atom stereocenters. The fourth-order valence-corrected chi connectivity index (χ4v) is 10.9. The molecule has 10 rings (SSSR count). The molecule has 6 aromatic rings. The molecule has 0 saturated heterocycles. The Labute approximate surface area is 335 Å². The van der Waals surface area contributed by atoms with E-state index in [4.69, 9.17) is 0 Å². The summed E-state index contributed by atoms with van der Waals surface area (Å²) in [6.45, 7) is 21.4. The third kappa shape index (κ3) is 4.90. The molecule has 1 fully saturated rings. The second-order valence-electron chi connectivity index (χ2n) is 19.5. The molecule has 3 heterocycles. The summed E-state index contributed by atoms with van der Waals surface area (Å²) < 4.78 is 0. The Hall–Kier alpha value is -5.22. The van der Waals surface area contributed by atoms with Gasteiger partial charge in [0.2, 0.25) is 0 Å². The summed E-state index contributed by atoms with van der Waals surface area (Å²) in [5.74, 6) is 0. The van der Waals surface area contributed by atoms with Gasteiger partial charge in [-0.25, -0.2) is 0 Å². The van der Waals surface area contributed by atoms with Crippen LogP contribution in [0.4, 0.5) is 45.5 Å². The summed E-state index contributed by atoms with van der Waals surface area (Å²) in [4.78, 5) is 7.82. The molecular formula is C52H54BN3. The topological polar surface area (TPSA) is 9.72 Å². The number of anilines is 8. The van der Waals surface area contributed by atoms with Crippen molar-refractivity contribution in [2.24, 2.45) is 0 Å². The molecule has 56 heavy (non-hydrogen) atoms. The second kappa shape index (κ2) is 11.9. The van der Waals surface area contributed by atoms with E-state index >= 15 is 0 Å². The van der Waals surface area contributed by atoms with E-state index in [-0.39, 0.29) is 28.5 Å². The maximum absolute atomic E-state index is 2.74. The van der Waals surface area contributed by atoms with E-state index in [1.807, 2.05) is 0 Å². The number of hydrogen-bond acceptors (Lipinski definition) is 3. The summed E-state index contributed by atoms with van der Waals surface area (Å²) in [7, 11) is 0. The molecule has 1 saturated carbocycles. The highest BCUT2D eigenvalue weighted by atomic mass is 15.3. The van der Waals surface area contributed by atoms with E-state index in [0.29, 0.717) is 0 Å². The van der Waals surface area contributed by atoms with Gasteiger partial charge in [0.15, 0.2) is 0 Å². The second-order valence-corrected chi connectivity index (χ2v) is 19.5. The van der Waals surface area contributed by atoms with Gasteiger partial charge in [-0.15, -0.1) is 0 Å². The minimum Gasteiger partial charge on any atom is -0.334 e. The molecule has 3 nitrogen and oxygen atoms in total. The van der Waals surface area contributed by atoms with Gasteiger partial charge in [0.25, 0.3) is 6.71 Å². The Morgan fingerprint density at radius 1 is 0.518 bits per heavy atom. The number of para-hydroxylation sites is 2. The van der Waals surface area contributed by atoms with Crippen molar-refractivity contribution in [2.75, 3.05) is 14.7 Å². The highest BCUT2D eigenvalue weighted by Crippen LogP contribution is 2.63.